The molecule has 1 spiro atoms. The van der Waals surface area contributed by atoms with Gasteiger partial charge in [-0.2, -0.15) is 0 Å². The lowest BCUT2D eigenvalue weighted by Crippen LogP contribution is -2.48. The fraction of sp³-hybridized carbons (Fsp3) is 0.457. The SMILES string of the molecule is COc1ccccc1CCC(=O)N1CCC2(CCCCc3ccccc3OCCN(Cc3ccccc3F)C2)CC1. The molecule has 3 aromatic carbocycles. The molecule has 2 heterocycles. The molecule has 0 atom stereocenters. The van der Waals surface area contributed by atoms with Crippen LogP contribution in [0.5, 0.6) is 11.5 Å². The van der Waals surface area contributed by atoms with Crippen molar-refractivity contribution >= 4 is 5.91 Å². The number of ether oxygens (including phenoxy) is 2. The number of aryl methyl sites for hydroxylation is 2. The van der Waals surface area contributed by atoms with Crippen LogP contribution in [0.1, 0.15) is 55.2 Å². The van der Waals surface area contributed by atoms with Crippen LogP contribution in [0.15, 0.2) is 72.8 Å². The largest absolute Gasteiger partial charge is 0.496 e. The van der Waals surface area contributed by atoms with E-state index in [1.54, 1.807) is 19.2 Å². The van der Waals surface area contributed by atoms with Crippen LogP contribution in [-0.2, 0) is 24.2 Å². The van der Waals surface area contributed by atoms with Crippen LogP contribution < -0.4 is 9.47 Å². The summed E-state index contributed by atoms with van der Waals surface area (Å²) in [6, 6.07) is 23.4. The first-order valence-electron chi connectivity index (χ1n) is 15.1. The smallest absolute Gasteiger partial charge is 0.222 e. The van der Waals surface area contributed by atoms with Crippen LogP contribution in [0, 0.1) is 11.2 Å². The molecule has 2 aliphatic heterocycles. The molecule has 1 saturated heterocycles. The van der Waals surface area contributed by atoms with Crippen molar-refractivity contribution in [1.82, 2.24) is 9.80 Å². The van der Waals surface area contributed by atoms with Gasteiger partial charge >= 0.3 is 0 Å². The second-order valence-electron chi connectivity index (χ2n) is 11.7. The summed E-state index contributed by atoms with van der Waals surface area (Å²) in [5, 5.41) is 0. The minimum Gasteiger partial charge on any atom is -0.496 e. The number of hydrogen-bond acceptors (Lipinski definition) is 4. The van der Waals surface area contributed by atoms with Gasteiger partial charge in [0.05, 0.1) is 7.11 Å². The summed E-state index contributed by atoms with van der Waals surface area (Å²) in [7, 11) is 1.67. The highest BCUT2D eigenvalue weighted by Gasteiger charge is 2.37. The molecule has 3 aromatic rings. The maximum absolute atomic E-state index is 14.7. The molecule has 0 bridgehead atoms. The highest BCUT2D eigenvalue weighted by molar-refractivity contribution is 5.76. The van der Waals surface area contributed by atoms with E-state index in [2.05, 4.69) is 28.0 Å². The van der Waals surface area contributed by atoms with Gasteiger partial charge < -0.3 is 14.4 Å². The van der Waals surface area contributed by atoms with E-state index in [0.29, 0.717) is 26.0 Å². The van der Waals surface area contributed by atoms with Crippen molar-refractivity contribution in [2.75, 3.05) is 39.9 Å². The molecule has 1 amide bonds. The predicted molar refractivity (Wildman–Crippen MR) is 161 cm³/mol. The molecule has 41 heavy (non-hydrogen) atoms. The van der Waals surface area contributed by atoms with E-state index in [9.17, 15) is 9.18 Å². The molecule has 2 aliphatic rings. The van der Waals surface area contributed by atoms with Gasteiger partial charge in [0.25, 0.3) is 0 Å². The Morgan fingerprint density at radius 3 is 2.44 bits per heavy atom. The van der Waals surface area contributed by atoms with Crippen molar-refractivity contribution in [1.29, 1.82) is 0 Å². The minimum absolute atomic E-state index is 0.101. The lowest BCUT2D eigenvalue weighted by molar-refractivity contribution is -0.133. The highest BCUT2D eigenvalue weighted by Crippen LogP contribution is 2.39. The number of halogens is 1. The molecular formula is C35H43FN2O3. The van der Waals surface area contributed by atoms with E-state index in [-0.39, 0.29) is 17.1 Å². The first-order chi connectivity index (χ1) is 20.0. The number of likely N-dealkylation sites (tertiary alicyclic amines) is 1. The average molecular weight is 559 g/mol. The van der Waals surface area contributed by atoms with E-state index in [1.165, 1.54) is 5.56 Å². The van der Waals surface area contributed by atoms with Gasteiger partial charge in [-0.3, -0.25) is 9.69 Å². The minimum atomic E-state index is -0.158. The number of carbonyl (C=O) groups is 1. The number of nitrogens with zero attached hydrogens (tertiary/aromatic N) is 2. The summed E-state index contributed by atoms with van der Waals surface area (Å²) in [6.07, 6.45) is 7.48. The monoisotopic (exact) mass is 558 g/mol. The summed E-state index contributed by atoms with van der Waals surface area (Å²) in [4.78, 5) is 17.7. The first kappa shape index (κ1) is 29.1. The van der Waals surface area contributed by atoms with Crippen LogP contribution in [0.2, 0.25) is 0 Å². The normalized spacial score (nSPS) is 18.0. The molecule has 0 aliphatic carbocycles. The summed E-state index contributed by atoms with van der Waals surface area (Å²) < 4.78 is 26.4. The van der Waals surface area contributed by atoms with Crippen molar-refractivity contribution in [2.24, 2.45) is 5.41 Å². The quantitative estimate of drug-likeness (QED) is 0.338. The fourth-order valence-electron chi connectivity index (χ4n) is 6.53. The number of hydrogen-bond donors (Lipinski definition) is 0. The van der Waals surface area contributed by atoms with Gasteiger partial charge in [0.2, 0.25) is 5.91 Å². The van der Waals surface area contributed by atoms with Gasteiger partial charge in [0, 0.05) is 44.7 Å². The molecule has 5 nitrogen and oxygen atoms in total. The maximum Gasteiger partial charge on any atom is 0.222 e. The molecule has 0 radical (unpaired) electrons. The molecule has 5 rings (SSSR count). The number of para-hydroxylation sites is 2. The molecule has 0 aromatic heterocycles. The molecule has 1 fully saturated rings. The van der Waals surface area contributed by atoms with Crippen LogP contribution in [-0.4, -0.2) is 55.6 Å². The Bertz CT molecular complexity index is 1290. The molecule has 0 unspecified atom stereocenters. The molecular weight excluding hydrogens is 515 g/mol. The van der Waals surface area contributed by atoms with Gasteiger partial charge in [0.1, 0.15) is 23.9 Å². The van der Waals surface area contributed by atoms with Gasteiger partial charge in [0.15, 0.2) is 0 Å². The van der Waals surface area contributed by atoms with Gasteiger partial charge in [-0.25, -0.2) is 4.39 Å². The van der Waals surface area contributed by atoms with Crippen LogP contribution >= 0.6 is 0 Å². The van der Waals surface area contributed by atoms with Crippen molar-refractivity contribution in [3.05, 3.63) is 95.3 Å². The number of rotatable bonds is 6. The lowest BCUT2D eigenvalue weighted by Gasteiger charge is -2.45. The molecule has 0 saturated carbocycles. The molecule has 6 heteroatoms. The Kier molecular flexibility index (Phi) is 9.94. The lowest BCUT2D eigenvalue weighted by atomic mass is 9.73. The molecule has 218 valence electrons. The summed E-state index contributed by atoms with van der Waals surface area (Å²) >= 11 is 0. The van der Waals surface area contributed by atoms with Crippen molar-refractivity contribution in [3.8, 4) is 11.5 Å². The van der Waals surface area contributed by atoms with Gasteiger partial charge in [-0.15, -0.1) is 0 Å². The highest BCUT2D eigenvalue weighted by atomic mass is 19.1. The van der Waals surface area contributed by atoms with Crippen molar-refractivity contribution < 1.29 is 18.7 Å². The van der Waals surface area contributed by atoms with E-state index < -0.39 is 0 Å². The Hall–Kier alpha value is -3.38. The summed E-state index contributed by atoms with van der Waals surface area (Å²) in [5.74, 6) is 1.86. The van der Waals surface area contributed by atoms with E-state index in [0.717, 1.165) is 87.3 Å². The number of fused-ring (bicyclic) bond motifs is 1. The predicted octanol–water partition coefficient (Wildman–Crippen LogP) is 6.68. The second kappa shape index (κ2) is 14.0. The fourth-order valence-corrected chi connectivity index (χ4v) is 6.53. The second-order valence-corrected chi connectivity index (χ2v) is 11.7. The van der Waals surface area contributed by atoms with Gasteiger partial charge in [-0.1, -0.05) is 61.0 Å². The third-order valence-corrected chi connectivity index (χ3v) is 8.93. The zero-order valence-corrected chi connectivity index (χ0v) is 24.3. The first-order valence-corrected chi connectivity index (χ1v) is 15.1. The van der Waals surface area contributed by atoms with E-state index in [4.69, 9.17) is 9.47 Å². The van der Waals surface area contributed by atoms with Gasteiger partial charge in [-0.05, 0) is 73.3 Å². The van der Waals surface area contributed by atoms with Crippen LogP contribution in [0.4, 0.5) is 4.39 Å². The third kappa shape index (κ3) is 7.68. The molecule has 0 N–H and O–H groups in total. The number of benzene rings is 3. The van der Waals surface area contributed by atoms with Crippen molar-refractivity contribution in [3.63, 3.8) is 0 Å². The van der Waals surface area contributed by atoms with Crippen molar-refractivity contribution in [2.45, 2.75) is 57.9 Å². The standard InChI is InChI=1S/C35H43FN2O3/c1-40-32-15-6-3-11-29(32)17-18-34(39)38-22-20-35(21-23-38)19-9-8-12-28-10-4-7-16-33(28)41-25-24-37(27-35)26-30-13-2-5-14-31(30)36/h2-7,10-11,13-16H,8-9,12,17-27H2,1H3. The Morgan fingerprint density at radius 2 is 1.63 bits per heavy atom. The Balaban J connectivity index is 1.27. The average Bonchev–Trinajstić information content (AvgIpc) is 3.00. The van der Waals surface area contributed by atoms with Crippen LogP contribution in [0.3, 0.4) is 0 Å². The Labute approximate surface area is 244 Å². The third-order valence-electron chi connectivity index (χ3n) is 8.93. The number of piperidine rings is 1. The summed E-state index contributed by atoms with van der Waals surface area (Å²) in [5.41, 5.74) is 3.16. The topological polar surface area (TPSA) is 42.0 Å². The van der Waals surface area contributed by atoms with E-state index in [1.807, 2.05) is 42.5 Å². The van der Waals surface area contributed by atoms with E-state index >= 15 is 0 Å². The maximum atomic E-state index is 14.7. The summed E-state index contributed by atoms with van der Waals surface area (Å²) in [6.45, 7) is 4.28. The number of methoxy groups -OCH3 is 1. The Morgan fingerprint density at radius 1 is 0.902 bits per heavy atom. The number of carbonyl (C=O) groups excluding carboxylic acids is 1. The zero-order chi connectivity index (χ0) is 28.5. The number of amides is 1. The van der Waals surface area contributed by atoms with Crippen LogP contribution in [0.25, 0.3) is 0 Å². The zero-order valence-electron chi connectivity index (χ0n) is 24.3.